The van der Waals surface area contributed by atoms with Gasteiger partial charge in [-0.25, -0.2) is 0 Å². The summed E-state index contributed by atoms with van der Waals surface area (Å²) in [6.45, 7) is 4.13. The number of carbonyl (C=O) groups excluding carboxylic acids is 2. The lowest BCUT2D eigenvalue weighted by atomic mass is 10.00. The molecular weight excluding hydrogens is 374 g/mol. The van der Waals surface area contributed by atoms with Gasteiger partial charge in [-0.3, -0.25) is 9.59 Å². The Morgan fingerprint density at radius 2 is 1.67 bits per heavy atom. The van der Waals surface area contributed by atoms with Crippen LogP contribution in [-0.4, -0.2) is 24.9 Å². The minimum absolute atomic E-state index is 0.0832. The Morgan fingerprint density at radius 1 is 0.900 bits per heavy atom. The van der Waals surface area contributed by atoms with E-state index in [-0.39, 0.29) is 11.8 Å². The second-order valence-electron chi connectivity index (χ2n) is 7.79. The van der Waals surface area contributed by atoms with Crippen molar-refractivity contribution in [2.24, 2.45) is 0 Å². The maximum Gasteiger partial charge on any atom is 0.279 e. The third-order valence-corrected chi connectivity index (χ3v) is 5.44. The van der Waals surface area contributed by atoms with E-state index in [4.69, 9.17) is 0 Å². The lowest BCUT2D eigenvalue weighted by Gasteiger charge is -2.25. The summed E-state index contributed by atoms with van der Waals surface area (Å²) in [5.41, 5.74) is 5.47. The van der Waals surface area contributed by atoms with Crippen molar-refractivity contribution in [3.05, 3.63) is 95.1 Å². The zero-order valence-electron chi connectivity index (χ0n) is 17.1. The number of aryl methyl sites for hydroxylation is 1. The number of hydrogen-bond donors (Lipinski definition) is 3. The molecule has 2 amide bonds. The van der Waals surface area contributed by atoms with Crippen LogP contribution in [0.2, 0.25) is 0 Å². The van der Waals surface area contributed by atoms with E-state index in [1.165, 1.54) is 16.0 Å². The van der Waals surface area contributed by atoms with E-state index >= 15 is 0 Å². The summed E-state index contributed by atoms with van der Waals surface area (Å²) in [6, 6.07) is 23.2. The van der Waals surface area contributed by atoms with Crippen LogP contribution in [0, 0.1) is 6.92 Å². The molecule has 30 heavy (non-hydrogen) atoms. The van der Waals surface area contributed by atoms with Gasteiger partial charge >= 0.3 is 0 Å². The molecule has 1 aliphatic rings. The zero-order valence-corrected chi connectivity index (χ0v) is 17.1. The molecule has 0 radical (unpaired) electrons. The van der Waals surface area contributed by atoms with Gasteiger partial charge in [-0.05, 0) is 42.3 Å². The molecule has 152 valence electrons. The van der Waals surface area contributed by atoms with Gasteiger partial charge in [-0.2, -0.15) is 0 Å². The molecule has 0 aromatic heterocycles. The van der Waals surface area contributed by atoms with Crippen LogP contribution in [-0.2, 0) is 17.8 Å². The molecule has 1 unspecified atom stereocenters. The fourth-order valence-corrected chi connectivity index (χ4v) is 3.93. The van der Waals surface area contributed by atoms with Gasteiger partial charge < -0.3 is 15.5 Å². The number of rotatable bonds is 5. The summed E-state index contributed by atoms with van der Waals surface area (Å²) in [5, 5.41) is 5.85. The lowest BCUT2D eigenvalue weighted by Crippen LogP contribution is -3.12. The summed E-state index contributed by atoms with van der Waals surface area (Å²) in [4.78, 5) is 26.7. The van der Waals surface area contributed by atoms with Crippen LogP contribution < -0.4 is 15.5 Å². The van der Waals surface area contributed by atoms with Crippen LogP contribution in [0.3, 0.4) is 0 Å². The molecule has 0 saturated heterocycles. The van der Waals surface area contributed by atoms with Crippen molar-refractivity contribution in [3.63, 3.8) is 0 Å². The quantitative estimate of drug-likeness (QED) is 0.617. The minimum Gasteiger partial charge on any atom is -0.323 e. The standard InChI is InChI=1S/C25H25N3O2/c1-18-7-6-10-21(15-18)26-25(30)22-11-4-5-12-23(22)27-24(29)17-28-14-13-19-8-2-3-9-20(19)16-28/h2-12,15H,13-14,16-17H2,1H3,(H,26,30)(H,27,29)/p+1. The van der Waals surface area contributed by atoms with Gasteiger partial charge in [-0.1, -0.05) is 48.5 Å². The van der Waals surface area contributed by atoms with E-state index in [0.29, 0.717) is 17.8 Å². The highest BCUT2D eigenvalue weighted by Gasteiger charge is 2.22. The Bertz CT molecular complexity index is 1080. The molecule has 5 heteroatoms. The Morgan fingerprint density at radius 3 is 2.50 bits per heavy atom. The molecule has 3 aromatic carbocycles. The fraction of sp³-hybridized carbons (Fsp3) is 0.200. The Hall–Kier alpha value is -3.44. The average Bonchev–Trinajstić information content (AvgIpc) is 2.74. The van der Waals surface area contributed by atoms with Crippen molar-refractivity contribution in [1.29, 1.82) is 0 Å². The molecule has 0 saturated carbocycles. The highest BCUT2D eigenvalue weighted by molar-refractivity contribution is 6.10. The first-order valence-electron chi connectivity index (χ1n) is 10.3. The monoisotopic (exact) mass is 400 g/mol. The highest BCUT2D eigenvalue weighted by atomic mass is 16.2. The predicted molar refractivity (Wildman–Crippen MR) is 119 cm³/mol. The maximum absolute atomic E-state index is 12.8. The van der Waals surface area contributed by atoms with Gasteiger partial charge in [0.25, 0.3) is 11.8 Å². The molecule has 1 heterocycles. The topological polar surface area (TPSA) is 62.6 Å². The van der Waals surface area contributed by atoms with Crippen LogP contribution >= 0.6 is 0 Å². The van der Waals surface area contributed by atoms with E-state index < -0.39 is 0 Å². The van der Waals surface area contributed by atoms with Gasteiger partial charge in [0, 0.05) is 17.7 Å². The SMILES string of the molecule is Cc1cccc(NC(=O)c2ccccc2NC(=O)C[NH+]2CCc3ccccc3C2)c1. The normalized spacial score (nSPS) is 15.2. The molecular formula is C25H26N3O2+. The lowest BCUT2D eigenvalue weighted by molar-refractivity contribution is -0.907. The van der Waals surface area contributed by atoms with Crippen molar-refractivity contribution in [1.82, 2.24) is 0 Å². The Balaban J connectivity index is 1.41. The summed E-state index contributed by atoms with van der Waals surface area (Å²) in [7, 11) is 0. The van der Waals surface area contributed by atoms with Gasteiger partial charge in [0.05, 0.1) is 17.8 Å². The van der Waals surface area contributed by atoms with Crippen LogP contribution in [0.1, 0.15) is 27.0 Å². The molecule has 0 aliphatic carbocycles. The van der Waals surface area contributed by atoms with Gasteiger partial charge in [0.15, 0.2) is 6.54 Å². The molecule has 5 nitrogen and oxygen atoms in total. The number of hydrogen-bond acceptors (Lipinski definition) is 2. The number of fused-ring (bicyclic) bond motifs is 1. The molecule has 1 aliphatic heterocycles. The number of benzene rings is 3. The van der Waals surface area contributed by atoms with Crippen molar-refractivity contribution in [3.8, 4) is 0 Å². The van der Waals surface area contributed by atoms with Gasteiger partial charge in [0.1, 0.15) is 6.54 Å². The summed E-state index contributed by atoms with van der Waals surface area (Å²) in [6.07, 6.45) is 0.980. The smallest absolute Gasteiger partial charge is 0.279 e. The molecule has 0 spiro atoms. The van der Waals surface area contributed by atoms with Crippen molar-refractivity contribution in [2.75, 3.05) is 23.7 Å². The molecule has 4 rings (SSSR count). The number of para-hydroxylation sites is 1. The first kappa shape index (κ1) is 19.9. The van der Waals surface area contributed by atoms with Crippen LogP contribution in [0.5, 0.6) is 0 Å². The molecule has 3 N–H and O–H groups in total. The number of quaternary nitrogens is 1. The molecule has 0 bridgehead atoms. The third kappa shape index (κ3) is 4.75. The Labute approximate surface area is 176 Å². The van der Waals surface area contributed by atoms with Crippen LogP contribution in [0.25, 0.3) is 0 Å². The van der Waals surface area contributed by atoms with Crippen molar-refractivity contribution in [2.45, 2.75) is 19.9 Å². The van der Waals surface area contributed by atoms with E-state index in [2.05, 4.69) is 28.8 Å². The van der Waals surface area contributed by atoms with Crippen LogP contribution in [0.15, 0.2) is 72.8 Å². The third-order valence-electron chi connectivity index (χ3n) is 5.44. The van der Waals surface area contributed by atoms with E-state index in [9.17, 15) is 9.59 Å². The second kappa shape index (κ2) is 8.93. The van der Waals surface area contributed by atoms with Gasteiger partial charge in [-0.15, -0.1) is 0 Å². The average molecular weight is 401 g/mol. The Kier molecular flexibility index (Phi) is 5.91. The summed E-state index contributed by atoms with van der Waals surface area (Å²) < 4.78 is 0. The number of anilines is 2. The number of nitrogens with one attached hydrogen (secondary N) is 3. The largest absolute Gasteiger partial charge is 0.323 e. The minimum atomic E-state index is -0.240. The molecule has 0 fully saturated rings. The molecule has 3 aromatic rings. The van der Waals surface area contributed by atoms with Crippen molar-refractivity contribution < 1.29 is 14.5 Å². The number of carbonyl (C=O) groups is 2. The summed E-state index contributed by atoms with van der Waals surface area (Å²) in [5.74, 6) is -0.323. The maximum atomic E-state index is 12.8. The first-order valence-corrected chi connectivity index (χ1v) is 10.3. The van der Waals surface area contributed by atoms with E-state index in [1.807, 2.05) is 43.3 Å². The van der Waals surface area contributed by atoms with Crippen molar-refractivity contribution >= 4 is 23.2 Å². The highest BCUT2D eigenvalue weighted by Crippen LogP contribution is 2.18. The zero-order chi connectivity index (χ0) is 20.9. The summed E-state index contributed by atoms with van der Waals surface area (Å²) >= 11 is 0. The van der Waals surface area contributed by atoms with E-state index in [1.54, 1.807) is 18.2 Å². The second-order valence-corrected chi connectivity index (χ2v) is 7.79. The number of amides is 2. The predicted octanol–water partition coefficient (Wildman–Crippen LogP) is 2.83. The first-order chi connectivity index (χ1) is 14.6. The fourth-order valence-electron chi connectivity index (χ4n) is 3.93. The van der Waals surface area contributed by atoms with Gasteiger partial charge in [0.2, 0.25) is 0 Å². The van der Waals surface area contributed by atoms with Crippen LogP contribution in [0.4, 0.5) is 11.4 Å². The molecule has 1 atom stereocenters. The van der Waals surface area contributed by atoms with E-state index in [0.717, 1.165) is 30.8 Å².